The van der Waals surface area contributed by atoms with Crippen LogP contribution in [-0.2, 0) is 30.8 Å². The average Bonchev–Trinajstić information content (AvgIpc) is 2.80. The molecule has 9 nitrogen and oxygen atoms in total. The first kappa shape index (κ1) is 24.7. The van der Waals surface area contributed by atoms with E-state index in [1.54, 1.807) is 33.2 Å². The molecule has 1 aliphatic heterocycles. The minimum Gasteiger partial charge on any atom is -0.379 e. The summed E-state index contributed by atoms with van der Waals surface area (Å²) in [4.78, 5) is 26.3. The van der Waals surface area contributed by atoms with Crippen LogP contribution in [0.25, 0.3) is 0 Å². The van der Waals surface area contributed by atoms with Gasteiger partial charge >= 0.3 is 0 Å². The van der Waals surface area contributed by atoms with E-state index in [9.17, 15) is 18.0 Å². The summed E-state index contributed by atoms with van der Waals surface area (Å²) < 4.78 is 32.7. The second kappa shape index (κ2) is 10.8. The van der Waals surface area contributed by atoms with Crippen molar-refractivity contribution in [3.63, 3.8) is 0 Å². The van der Waals surface area contributed by atoms with Crippen LogP contribution in [0.5, 0.6) is 0 Å². The molecular weight excluding hydrogens is 444 g/mol. The Morgan fingerprint density at radius 1 is 1.09 bits per heavy atom. The first-order valence-corrected chi connectivity index (χ1v) is 12.1. The largest absolute Gasteiger partial charge is 0.379 e. The molecule has 1 aliphatic rings. The molecule has 0 bridgehead atoms. The molecule has 0 aromatic heterocycles. The molecule has 1 saturated heterocycles. The maximum atomic E-state index is 13.0. The number of nitrogens with zero attached hydrogens (tertiary/aromatic N) is 2. The van der Waals surface area contributed by atoms with Crippen LogP contribution in [0.4, 0.5) is 11.4 Å². The molecule has 178 valence electrons. The fourth-order valence-corrected chi connectivity index (χ4v) is 5.09. The highest BCUT2D eigenvalue weighted by atomic mass is 32.2. The number of ether oxygens (including phenoxy) is 1. The van der Waals surface area contributed by atoms with Crippen molar-refractivity contribution in [1.29, 1.82) is 0 Å². The van der Waals surface area contributed by atoms with E-state index in [0.29, 0.717) is 43.2 Å². The monoisotopic (exact) mass is 474 g/mol. The van der Waals surface area contributed by atoms with Gasteiger partial charge in [0.2, 0.25) is 21.8 Å². The van der Waals surface area contributed by atoms with Gasteiger partial charge in [0.15, 0.2) is 0 Å². The standard InChI is InChI=1S/C23H30N4O5S/c1-17-8-9-19(15-21(17)33(30,31)27-10-12-32-13-11-27)25-22(28)16-24-20-7-5-4-6-18(20)14-23(29)26(2)3/h4-9,15,24H,10-14,16H2,1-3H3,(H,25,28). The Bertz CT molecular complexity index is 1110. The number of likely N-dealkylation sites (N-methyl/N-ethyl adjacent to an activating group) is 1. The number of carbonyl (C=O) groups excluding carboxylic acids is 2. The maximum Gasteiger partial charge on any atom is 0.243 e. The quantitative estimate of drug-likeness (QED) is 0.603. The lowest BCUT2D eigenvalue weighted by molar-refractivity contribution is -0.127. The van der Waals surface area contributed by atoms with Crippen molar-refractivity contribution < 1.29 is 22.7 Å². The Kier molecular flexibility index (Phi) is 8.06. The molecule has 3 rings (SSSR count). The summed E-state index contributed by atoms with van der Waals surface area (Å²) in [5, 5.41) is 5.81. The summed E-state index contributed by atoms with van der Waals surface area (Å²) in [6.07, 6.45) is 0.221. The van der Waals surface area contributed by atoms with E-state index in [0.717, 1.165) is 5.56 Å². The third kappa shape index (κ3) is 6.31. The third-order valence-corrected chi connectivity index (χ3v) is 7.40. The van der Waals surface area contributed by atoms with Gasteiger partial charge in [0.25, 0.3) is 0 Å². The van der Waals surface area contributed by atoms with Crippen LogP contribution >= 0.6 is 0 Å². The van der Waals surface area contributed by atoms with Crippen molar-refractivity contribution in [2.45, 2.75) is 18.2 Å². The Morgan fingerprint density at radius 3 is 2.48 bits per heavy atom. The molecule has 0 aliphatic carbocycles. The predicted molar refractivity (Wildman–Crippen MR) is 127 cm³/mol. The number of sulfonamides is 1. The van der Waals surface area contributed by atoms with Crippen LogP contribution in [0.1, 0.15) is 11.1 Å². The fraction of sp³-hybridized carbons (Fsp3) is 0.391. The van der Waals surface area contributed by atoms with E-state index in [2.05, 4.69) is 10.6 Å². The first-order chi connectivity index (χ1) is 15.7. The minimum absolute atomic E-state index is 0.0351. The Hall–Kier alpha value is -2.95. The van der Waals surface area contributed by atoms with Crippen LogP contribution in [0.15, 0.2) is 47.4 Å². The Morgan fingerprint density at radius 2 is 1.79 bits per heavy atom. The zero-order valence-corrected chi connectivity index (χ0v) is 19.9. The van der Waals surface area contributed by atoms with Gasteiger partial charge < -0.3 is 20.3 Å². The van der Waals surface area contributed by atoms with Gasteiger partial charge in [-0.05, 0) is 36.2 Å². The molecule has 0 atom stereocenters. The van der Waals surface area contributed by atoms with Crippen molar-refractivity contribution >= 4 is 33.2 Å². The molecule has 1 heterocycles. The van der Waals surface area contributed by atoms with Crippen molar-refractivity contribution in [1.82, 2.24) is 9.21 Å². The van der Waals surface area contributed by atoms with Crippen LogP contribution in [0.2, 0.25) is 0 Å². The van der Waals surface area contributed by atoms with E-state index < -0.39 is 10.0 Å². The van der Waals surface area contributed by atoms with Crippen molar-refractivity contribution in [2.75, 3.05) is 57.6 Å². The van der Waals surface area contributed by atoms with Gasteiger partial charge in [-0.1, -0.05) is 24.3 Å². The molecule has 10 heteroatoms. The van der Waals surface area contributed by atoms with Crippen molar-refractivity contribution in [3.05, 3.63) is 53.6 Å². The molecule has 2 amide bonds. The number of rotatable bonds is 8. The molecule has 0 radical (unpaired) electrons. The molecule has 2 aromatic rings. The van der Waals surface area contributed by atoms with Gasteiger partial charge in [0.05, 0.1) is 31.1 Å². The number of para-hydroxylation sites is 1. The third-order valence-electron chi connectivity index (χ3n) is 5.36. The van der Waals surface area contributed by atoms with Crippen molar-refractivity contribution in [3.8, 4) is 0 Å². The van der Waals surface area contributed by atoms with Crippen LogP contribution in [0, 0.1) is 6.92 Å². The van der Waals surface area contributed by atoms with E-state index in [-0.39, 0.29) is 29.7 Å². The van der Waals surface area contributed by atoms with E-state index in [1.165, 1.54) is 15.3 Å². The Labute approximate surface area is 194 Å². The number of anilines is 2. The van der Waals surface area contributed by atoms with E-state index in [1.807, 2.05) is 24.3 Å². The topological polar surface area (TPSA) is 108 Å². The highest BCUT2D eigenvalue weighted by Gasteiger charge is 2.28. The number of amides is 2. The molecule has 0 spiro atoms. The summed E-state index contributed by atoms with van der Waals surface area (Å²) in [6, 6.07) is 12.2. The predicted octanol–water partition coefficient (Wildman–Crippen LogP) is 1.70. The minimum atomic E-state index is -3.68. The number of benzene rings is 2. The summed E-state index contributed by atoms with van der Waals surface area (Å²) in [5.41, 5.74) is 2.49. The van der Waals surface area contributed by atoms with Crippen LogP contribution < -0.4 is 10.6 Å². The zero-order chi connectivity index (χ0) is 24.0. The lowest BCUT2D eigenvalue weighted by Gasteiger charge is -2.26. The van der Waals surface area contributed by atoms with Crippen LogP contribution in [-0.4, -0.2) is 76.4 Å². The molecule has 0 saturated carbocycles. The van der Waals surface area contributed by atoms with Crippen LogP contribution in [0.3, 0.4) is 0 Å². The lowest BCUT2D eigenvalue weighted by Crippen LogP contribution is -2.40. The first-order valence-electron chi connectivity index (χ1n) is 10.7. The highest BCUT2D eigenvalue weighted by molar-refractivity contribution is 7.89. The lowest BCUT2D eigenvalue weighted by atomic mass is 10.1. The zero-order valence-electron chi connectivity index (χ0n) is 19.1. The van der Waals surface area contributed by atoms with E-state index >= 15 is 0 Å². The van der Waals surface area contributed by atoms with Gasteiger partial charge in [-0.3, -0.25) is 9.59 Å². The number of aryl methyl sites for hydroxylation is 1. The second-order valence-electron chi connectivity index (χ2n) is 8.02. The van der Waals surface area contributed by atoms with Gasteiger partial charge in [0, 0.05) is 38.6 Å². The molecule has 0 unspecified atom stereocenters. The smallest absolute Gasteiger partial charge is 0.243 e. The summed E-state index contributed by atoms with van der Waals surface area (Å²) in [6.45, 7) is 3.03. The second-order valence-corrected chi connectivity index (χ2v) is 9.93. The van der Waals surface area contributed by atoms with Crippen molar-refractivity contribution in [2.24, 2.45) is 0 Å². The number of carbonyl (C=O) groups is 2. The van der Waals surface area contributed by atoms with E-state index in [4.69, 9.17) is 4.74 Å². The Balaban J connectivity index is 1.67. The molecule has 2 N–H and O–H groups in total. The number of morpholine rings is 1. The van der Waals surface area contributed by atoms with Gasteiger partial charge in [0.1, 0.15) is 0 Å². The highest BCUT2D eigenvalue weighted by Crippen LogP contribution is 2.24. The van der Waals surface area contributed by atoms with Gasteiger partial charge in [-0.2, -0.15) is 4.31 Å². The normalized spacial score (nSPS) is 14.5. The molecule has 1 fully saturated rings. The maximum absolute atomic E-state index is 13.0. The summed E-state index contributed by atoms with van der Waals surface area (Å²) in [5.74, 6) is -0.371. The summed E-state index contributed by atoms with van der Waals surface area (Å²) in [7, 11) is -0.289. The molecular formula is C23H30N4O5S. The molecule has 33 heavy (non-hydrogen) atoms. The average molecular weight is 475 g/mol. The number of nitrogens with one attached hydrogen (secondary N) is 2. The number of hydrogen-bond donors (Lipinski definition) is 2. The SMILES string of the molecule is Cc1ccc(NC(=O)CNc2ccccc2CC(=O)N(C)C)cc1S(=O)(=O)N1CCOCC1. The fourth-order valence-electron chi connectivity index (χ4n) is 3.43. The number of hydrogen-bond acceptors (Lipinski definition) is 6. The van der Waals surface area contributed by atoms with Gasteiger partial charge in [-0.15, -0.1) is 0 Å². The molecule has 2 aromatic carbocycles. The summed E-state index contributed by atoms with van der Waals surface area (Å²) >= 11 is 0. The van der Waals surface area contributed by atoms with Gasteiger partial charge in [-0.25, -0.2) is 8.42 Å².